The molecule has 0 fully saturated rings. The highest BCUT2D eigenvalue weighted by atomic mass is 127. The highest BCUT2D eigenvalue weighted by molar-refractivity contribution is 14.1. The lowest BCUT2D eigenvalue weighted by Crippen LogP contribution is -2.07. The average molecular weight is 347 g/mol. The minimum absolute atomic E-state index is 0.0101. The van der Waals surface area contributed by atoms with Gasteiger partial charge in [-0.15, -0.1) is 5.10 Å². The lowest BCUT2D eigenvalue weighted by atomic mass is 10.5. The number of rotatable bonds is 0. The minimum Gasteiger partial charge on any atom is -0.206 e. The smallest absolute Gasteiger partial charge is 0.206 e. The van der Waals surface area contributed by atoms with Crippen LogP contribution >= 0.6 is 34.2 Å². The summed E-state index contributed by atoms with van der Waals surface area (Å²) in [5.41, 5.74) is 0.0101. The van der Waals surface area contributed by atoms with Gasteiger partial charge in [-0.1, -0.05) is 11.6 Å². The Morgan fingerprint density at radius 2 is 2.00 bits per heavy atom. The molecule has 0 aromatic carbocycles. The van der Waals surface area contributed by atoms with Crippen LogP contribution in [-0.4, -0.2) is 14.6 Å². The van der Waals surface area contributed by atoms with Crippen molar-refractivity contribution in [2.24, 2.45) is 0 Å². The average Bonchev–Trinajstić information content (AvgIpc) is 2.56. The van der Waals surface area contributed by atoms with Crippen LogP contribution in [0.1, 0.15) is 5.82 Å². The van der Waals surface area contributed by atoms with Crippen molar-refractivity contribution in [2.75, 3.05) is 0 Å². The molecule has 2 heterocycles. The summed E-state index contributed by atoms with van der Waals surface area (Å²) in [5.74, 6) is -1.19. The van der Waals surface area contributed by atoms with E-state index in [1.54, 1.807) is 6.07 Å². The second kappa shape index (κ2) is 3.48. The Morgan fingerprint density at radius 3 is 2.53 bits per heavy atom. The minimum atomic E-state index is -4.56. The first kappa shape index (κ1) is 10.9. The fraction of sp³-hybridized carbons (Fsp3) is 0.143. The monoisotopic (exact) mass is 347 g/mol. The van der Waals surface area contributed by atoms with Crippen molar-refractivity contribution >= 4 is 39.8 Å². The van der Waals surface area contributed by atoms with Crippen molar-refractivity contribution < 1.29 is 13.2 Å². The molecule has 0 bridgehead atoms. The summed E-state index contributed by atoms with van der Waals surface area (Å²) in [6.07, 6.45) is -4.56. The predicted octanol–water partition coefficient (Wildman–Crippen LogP) is 3.01. The first-order chi connectivity index (χ1) is 6.89. The zero-order valence-corrected chi connectivity index (χ0v) is 9.80. The van der Waals surface area contributed by atoms with Crippen LogP contribution in [0.3, 0.4) is 0 Å². The molecule has 15 heavy (non-hydrogen) atoms. The van der Waals surface area contributed by atoms with Crippen molar-refractivity contribution in [1.29, 1.82) is 0 Å². The van der Waals surface area contributed by atoms with E-state index in [9.17, 15) is 13.2 Å². The molecule has 2 aromatic heterocycles. The van der Waals surface area contributed by atoms with Crippen molar-refractivity contribution in [3.05, 3.63) is 26.7 Å². The molecular weight excluding hydrogens is 345 g/mol. The van der Waals surface area contributed by atoms with E-state index in [1.807, 2.05) is 22.6 Å². The normalized spacial score (nSPS) is 12.3. The van der Waals surface area contributed by atoms with E-state index in [4.69, 9.17) is 11.6 Å². The van der Waals surface area contributed by atoms with Gasteiger partial charge in [0, 0.05) is 0 Å². The van der Waals surface area contributed by atoms with Gasteiger partial charge in [0.2, 0.25) is 0 Å². The summed E-state index contributed by atoms with van der Waals surface area (Å²) < 4.78 is 38.5. The molecule has 80 valence electrons. The molecule has 2 aromatic rings. The van der Waals surface area contributed by atoms with Crippen LogP contribution in [0.2, 0.25) is 5.02 Å². The first-order valence-corrected chi connectivity index (χ1v) is 5.13. The molecule has 0 saturated carbocycles. The summed E-state index contributed by atoms with van der Waals surface area (Å²) in [6, 6.07) is 3.04. The lowest BCUT2D eigenvalue weighted by Gasteiger charge is -1.97. The molecular formula is C7H2ClF3IN3. The third kappa shape index (κ3) is 1.89. The largest absolute Gasteiger partial charge is 0.453 e. The standard InChI is InChI=1S/C7H2ClF3IN3/c8-3-1-2-4(12)15-5(3)13-6(14-15)7(9,10)11/h1-2H. The van der Waals surface area contributed by atoms with Crippen molar-refractivity contribution in [3.63, 3.8) is 0 Å². The molecule has 0 amide bonds. The van der Waals surface area contributed by atoms with Gasteiger partial charge in [-0.2, -0.15) is 13.2 Å². The van der Waals surface area contributed by atoms with E-state index in [2.05, 4.69) is 10.1 Å². The molecule has 0 unspecified atom stereocenters. The fourth-order valence-corrected chi connectivity index (χ4v) is 1.72. The number of hydrogen-bond donors (Lipinski definition) is 0. The van der Waals surface area contributed by atoms with E-state index in [-0.39, 0.29) is 10.7 Å². The van der Waals surface area contributed by atoms with Crippen LogP contribution in [0.25, 0.3) is 5.65 Å². The quantitative estimate of drug-likeness (QED) is 0.542. The Balaban J connectivity index is 2.76. The van der Waals surface area contributed by atoms with Crippen LogP contribution < -0.4 is 0 Å². The first-order valence-electron chi connectivity index (χ1n) is 3.67. The number of hydrogen-bond acceptors (Lipinski definition) is 2. The summed E-state index contributed by atoms with van der Waals surface area (Å²) in [4.78, 5) is 3.33. The van der Waals surface area contributed by atoms with E-state index in [0.717, 1.165) is 4.52 Å². The Morgan fingerprint density at radius 1 is 1.33 bits per heavy atom. The second-order valence-corrected chi connectivity index (χ2v) is 4.19. The Labute approximate surface area is 100 Å². The molecule has 2 rings (SSSR count). The van der Waals surface area contributed by atoms with Crippen molar-refractivity contribution in [3.8, 4) is 0 Å². The van der Waals surface area contributed by atoms with Gasteiger partial charge >= 0.3 is 6.18 Å². The topological polar surface area (TPSA) is 30.2 Å². The molecule has 0 atom stereocenters. The van der Waals surface area contributed by atoms with E-state index < -0.39 is 12.0 Å². The Kier molecular flexibility index (Phi) is 2.53. The van der Waals surface area contributed by atoms with Crippen LogP contribution in [0.5, 0.6) is 0 Å². The van der Waals surface area contributed by atoms with Gasteiger partial charge in [0.15, 0.2) is 5.65 Å². The Hall–Kier alpha value is -0.570. The molecule has 0 spiro atoms. The summed E-state index contributed by atoms with van der Waals surface area (Å²) >= 11 is 7.55. The van der Waals surface area contributed by atoms with Gasteiger partial charge in [-0.05, 0) is 34.7 Å². The summed E-state index contributed by atoms with van der Waals surface area (Å²) in [5, 5.41) is 3.47. The molecule has 0 saturated heterocycles. The maximum absolute atomic E-state index is 12.3. The number of alkyl halides is 3. The maximum Gasteiger partial charge on any atom is 0.453 e. The second-order valence-electron chi connectivity index (χ2n) is 2.67. The van der Waals surface area contributed by atoms with Crippen molar-refractivity contribution in [1.82, 2.24) is 14.6 Å². The van der Waals surface area contributed by atoms with Gasteiger partial charge in [0.05, 0.1) is 5.02 Å². The van der Waals surface area contributed by atoms with Crippen LogP contribution in [-0.2, 0) is 6.18 Å². The predicted molar refractivity (Wildman–Crippen MR) is 55.7 cm³/mol. The lowest BCUT2D eigenvalue weighted by molar-refractivity contribution is -0.144. The summed E-state index contributed by atoms with van der Waals surface area (Å²) in [7, 11) is 0. The van der Waals surface area contributed by atoms with Crippen LogP contribution in [0.4, 0.5) is 13.2 Å². The number of pyridine rings is 1. The van der Waals surface area contributed by atoms with Gasteiger partial charge in [0.1, 0.15) is 3.70 Å². The molecule has 0 radical (unpaired) electrons. The highest BCUT2D eigenvalue weighted by Crippen LogP contribution is 2.28. The number of aromatic nitrogens is 3. The van der Waals surface area contributed by atoms with E-state index in [1.165, 1.54) is 6.07 Å². The number of fused-ring (bicyclic) bond motifs is 1. The number of halogens is 5. The van der Waals surface area contributed by atoms with Crippen LogP contribution in [0.15, 0.2) is 12.1 Å². The zero-order valence-electron chi connectivity index (χ0n) is 6.89. The molecule has 0 aliphatic rings. The highest BCUT2D eigenvalue weighted by Gasteiger charge is 2.36. The molecule has 8 heteroatoms. The summed E-state index contributed by atoms with van der Waals surface area (Å²) in [6.45, 7) is 0. The van der Waals surface area contributed by atoms with Gasteiger partial charge in [-0.3, -0.25) is 0 Å². The fourth-order valence-electron chi connectivity index (χ4n) is 1.02. The molecule has 0 aliphatic carbocycles. The van der Waals surface area contributed by atoms with Gasteiger partial charge in [0.25, 0.3) is 5.82 Å². The molecule has 0 aliphatic heterocycles. The maximum atomic E-state index is 12.3. The molecule has 3 nitrogen and oxygen atoms in total. The van der Waals surface area contributed by atoms with E-state index in [0.29, 0.717) is 3.70 Å². The van der Waals surface area contributed by atoms with Crippen LogP contribution in [0, 0.1) is 3.70 Å². The van der Waals surface area contributed by atoms with Gasteiger partial charge < -0.3 is 0 Å². The van der Waals surface area contributed by atoms with Gasteiger partial charge in [-0.25, -0.2) is 9.50 Å². The Bertz CT molecular complexity index is 483. The van der Waals surface area contributed by atoms with Crippen molar-refractivity contribution in [2.45, 2.75) is 6.18 Å². The molecule has 0 N–H and O–H groups in total. The number of nitrogens with zero attached hydrogens (tertiary/aromatic N) is 3. The third-order valence-corrected chi connectivity index (χ3v) is 2.76. The third-order valence-electron chi connectivity index (χ3n) is 1.64. The zero-order chi connectivity index (χ0) is 11.2. The SMILES string of the molecule is FC(F)(F)c1nc2c(Cl)ccc(I)n2n1. The van der Waals surface area contributed by atoms with E-state index >= 15 is 0 Å².